The van der Waals surface area contributed by atoms with Gasteiger partial charge in [0.05, 0.1) is 18.4 Å². The van der Waals surface area contributed by atoms with Crippen molar-refractivity contribution < 1.29 is 15.3 Å². The van der Waals surface area contributed by atoms with Crippen LogP contribution in [0.2, 0.25) is 0 Å². The minimum atomic E-state index is -1.27. The zero-order chi connectivity index (χ0) is 14.0. The van der Waals surface area contributed by atoms with Gasteiger partial charge in [-0.3, -0.25) is 9.78 Å². The van der Waals surface area contributed by atoms with E-state index in [0.29, 0.717) is 5.69 Å². The SMILES string of the molecule is Nc1nc2nc(CC(O)C(O)CO)cnc2c(=O)[nH]1. The van der Waals surface area contributed by atoms with E-state index in [9.17, 15) is 15.0 Å². The highest BCUT2D eigenvalue weighted by Crippen LogP contribution is 2.07. The van der Waals surface area contributed by atoms with Crippen molar-refractivity contribution in [1.82, 2.24) is 19.9 Å². The maximum absolute atomic E-state index is 11.5. The molecule has 0 aromatic carbocycles. The molecular formula is C10H13N5O4. The molecule has 19 heavy (non-hydrogen) atoms. The maximum atomic E-state index is 11.5. The fourth-order valence-corrected chi connectivity index (χ4v) is 1.54. The van der Waals surface area contributed by atoms with E-state index < -0.39 is 24.4 Å². The number of nitrogens with two attached hydrogens (primary N) is 1. The molecule has 0 saturated heterocycles. The molecule has 2 heterocycles. The number of hydrogen-bond acceptors (Lipinski definition) is 8. The van der Waals surface area contributed by atoms with Crippen molar-refractivity contribution >= 4 is 17.1 Å². The van der Waals surface area contributed by atoms with Crippen LogP contribution >= 0.6 is 0 Å². The van der Waals surface area contributed by atoms with Crippen LogP contribution in [0.15, 0.2) is 11.0 Å². The number of nitrogens with one attached hydrogen (secondary N) is 1. The van der Waals surface area contributed by atoms with Gasteiger partial charge in [-0.05, 0) is 0 Å². The average molecular weight is 267 g/mol. The molecule has 0 amide bonds. The Bertz CT molecular complexity index is 643. The molecule has 9 heteroatoms. The molecule has 2 aromatic heterocycles. The Kier molecular flexibility index (Phi) is 3.69. The molecule has 6 N–H and O–H groups in total. The summed E-state index contributed by atoms with van der Waals surface area (Å²) in [5.74, 6) is -0.0834. The third-order valence-corrected chi connectivity index (χ3v) is 2.54. The standard InChI is InChI=1S/C10H13N5O4/c11-10-14-8-7(9(19)15-10)12-2-4(13-8)1-5(17)6(18)3-16/h2,5-6,16-18H,1,3H2,(H3,11,13,14,15,19). The molecule has 2 atom stereocenters. The lowest BCUT2D eigenvalue weighted by molar-refractivity contribution is -0.0136. The van der Waals surface area contributed by atoms with E-state index in [0.717, 1.165) is 0 Å². The van der Waals surface area contributed by atoms with Crippen molar-refractivity contribution in [2.45, 2.75) is 18.6 Å². The Morgan fingerprint density at radius 1 is 1.32 bits per heavy atom. The molecule has 9 nitrogen and oxygen atoms in total. The smallest absolute Gasteiger partial charge is 0.280 e. The summed E-state index contributed by atoms with van der Waals surface area (Å²) in [6.07, 6.45) is -1.19. The molecule has 102 valence electrons. The second-order valence-electron chi connectivity index (χ2n) is 4.01. The number of hydrogen-bond donors (Lipinski definition) is 5. The summed E-state index contributed by atoms with van der Waals surface area (Å²) < 4.78 is 0. The predicted molar refractivity (Wildman–Crippen MR) is 65.2 cm³/mol. The van der Waals surface area contributed by atoms with Gasteiger partial charge in [0.2, 0.25) is 5.95 Å². The first-order valence-corrected chi connectivity index (χ1v) is 5.49. The van der Waals surface area contributed by atoms with Gasteiger partial charge in [-0.25, -0.2) is 9.97 Å². The van der Waals surface area contributed by atoms with E-state index in [1.54, 1.807) is 0 Å². The third kappa shape index (κ3) is 2.84. The van der Waals surface area contributed by atoms with Gasteiger partial charge in [0.15, 0.2) is 11.2 Å². The highest BCUT2D eigenvalue weighted by Gasteiger charge is 2.17. The zero-order valence-electron chi connectivity index (χ0n) is 9.82. The summed E-state index contributed by atoms with van der Waals surface area (Å²) in [5, 5.41) is 27.5. The van der Waals surface area contributed by atoms with Crippen LogP contribution in [0.3, 0.4) is 0 Å². The van der Waals surface area contributed by atoms with E-state index >= 15 is 0 Å². The van der Waals surface area contributed by atoms with Gasteiger partial charge in [0, 0.05) is 12.6 Å². The van der Waals surface area contributed by atoms with Gasteiger partial charge in [0.1, 0.15) is 6.10 Å². The van der Waals surface area contributed by atoms with Crippen molar-refractivity contribution in [3.63, 3.8) is 0 Å². The summed E-state index contributed by atoms with van der Waals surface area (Å²) >= 11 is 0. The lowest BCUT2D eigenvalue weighted by Gasteiger charge is -2.14. The summed E-state index contributed by atoms with van der Waals surface area (Å²) in [4.78, 5) is 25.5. The Labute approximate surface area is 106 Å². The quantitative estimate of drug-likeness (QED) is 0.408. The maximum Gasteiger partial charge on any atom is 0.280 e. The number of nitrogen functional groups attached to an aromatic ring is 1. The van der Waals surface area contributed by atoms with Gasteiger partial charge >= 0.3 is 0 Å². The molecule has 0 aliphatic carbocycles. The number of rotatable bonds is 4. The van der Waals surface area contributed by atoms with Gasteiger partial charge < -0.3 is 21.1 Å². The normalized spacial score (nSPS) is 14.5. The topological polar surface area (TPSA) is 158 Å². The van der Waals surface area contributed by atoms with Crippen molar-refractivity contribution in [2.75, 3.05) is 12.3 Å². The highest BCUT2D eigenvalue weighted by molar-refractivity contribution is 5.69. The molecule has 0 saturated carbocycles. The number of nitrogens with zero attached hydrogens (tertiary/aromatic N) is 3. The molecule has 0 bridgehead atoms. The first kappa shape index (κ1) is 13.3. The second-order valence-corrected chi connectivity index (χ2v) is 4.01. The molecule has 2 rings (SSSR count). The summed E-state index contributed by atoms with van der Waals surface area (Å²) in [6, 6.07) is 0. The van der Waals surface area contributed by atoms with Crippen LogP contribution in [0.1, 0.15) is 5.69 Å². The summed E-state index contributed by atoms with van der Waals surface area (Å²) in [7, 11) is 0. The first-order valence-electron chi connectivity index (χ1n) is 5.49. The fourth-order valence-electron chi connectivity index (χ4n) is 1.54. The largest absolute Gasteiger partial charge is 0.394 e. The van der Waals surface area contributed by atoms with Gasteiger partial charge in [-0.1, -0.05) is 0 Å². The Balaban J connectivity index is 2.34. The van der Waals surface area contributed by atoms with Crippen molar-refractivity contribution in [3.05, 3.63) is 22.2 Å². The van der Waals surface area contributed by atoms with Crippen molar-refractivity contribution in [3.8, 4) is 0 Å². The van der Waals surface area contributed by atoms with Crippen LogP contribution in [0.25, 0.3) is 11.2 Å². The molecule has 0 aliphatic rings. The van der Waals surface area contributed by atoms with Crippen LogP contribution in [-0.2, 0) is 6.42 Å². The van der Waals surface area contributed by atoms with E-state index in [-0.39, 0.29) is 23.5 Å². The van der Waals surface area contributed by atoms with Crippen molar-refractivity contribution in [2.24, 2.45) is 0 Å². The zero-order valence-corrected chi connectivity index (χ0v) is 9.82. The van der Waals surface area contributed by atoms with Crippen molar-refractivity contribution in [1.29, 1.82) is 0 Å². The lowest BCUT2D eigenvalue weighted by atomic mass is 10.1. The number of H-pyrrole nitrogens is 1. The lowest BCUT2D eigenvalue weighted by Crippen LogP contribution is -2.31. The summed E-state index contributed by atoms with van der Waals surface area (Å²) in [6.45, 7) is -0.562. The van der Waals surface area contributed by atoms with Gasteiger partial charge in [-0.2, -0.15) is 4.98 Å². The number of aromatic nitrogens is 4. The number of anilines is 1. The molecule has 0 spiro atoms. The third-order valence-electron chi connectivity index (χ3n) is 2.54. The van der Waals surface area contributed by atoms with Crippen LogP contribution in [0, 0.1) is 0 Å². The molecule has 2 unspecified atom stereocenters. The van der Waals surface area contributed by atoms with Gasteiger partial charge in [-0.15, -0.1) is 0 Å². The second kappa shape index (κ2) is 5.26. The first-order chi connectivity index (χ1) is 9.01. The Morgan fingerprint density at radius 3 is 2.74 bits per heavy atom. The number of aliphatic hydroxyl groups is 3. The minimum Gasteiger partial charge on any atom is -0.394 e. The fraction of sp³-hybridized carbons (Fsp3) is 0.400. The summed E-state index contributed by atoms with van der Waals surface area (Å²) in [5.41, 5.74) is 5.31. The van der Waals surface area contributed by atoms with Gasteiger partial charge in [0.25, 0.3) is 5.56 Å². The van der Waals surface area contributed by atoms with Crippen LogP contribution in [0.4, 0.5) is 5.95 Å². The Morgan fingerprint density at radius 2 is 2.05 bits per heavy atom. The van der Waals surface area contributed by atoms with E-state index in [1.807, 2.05) is 0 Å². The molecular weight excluding hydrogens is 254 g/mol. The molecule has 0 radical (unpaired) electrons. The van der Waals surface area contributed by atoms with Crippen LogP contribution in [-0.4, -0.2) is 54.1 Å². The average Bonchev–Trinajstić information content (AvgIpc) is 2.36. The van der Waals surface area contributed by atoms with Crippen LogP contribution in [0.5, 0.6) is 0 Å². The van der Waals surface area contributed by atoms with E-state index in [4.69, 9.17) is 10.8 Å². The molecule has 0 fully saturated rings. The van der Waals surface area contributed by atoms with E-state index in [1.165, 1.54) is 6.20 Å². The minimum absolute atomic E-state index is 0.0287. The predicted octanol–water partition coefficient (Wildman–Crippen LogP) is -2.45. The molecule has 0 aliphatic heterocycles. The Hall–Kier alpha value is -2.10. The number of aliphatic hydroxyl groups excluding tert-OH is 3. The van der Waals surface area contributed by atoms with Crippen LogP contribution < -0.4 is 11.3 Å². The number of fused-ring (bicyclic) bond motifs is 1. The number of aromatic amines is 1. The molecule has 2 aromatic rings. The highest BCUT2D eigenvalue weighted by atomic mass is 16.4. The van der Waals surface area contributed by atoms with E-state index in [2.05, 4.69) is 19.9 Å². The monoisotopic (exact) mass is 267 g/mol.